The van der Waals surface area contributed by atoms with Gasteiger partial charge in [0, 0.05) is 0 Å². The summed E-state index contributed by atoms with van der Waals surface area (Å²) in [5.41, 5.74) is 12.1. The van der Waals surface area contributed by atoms with E-state index in [9.17, 15) is 9.13 Å². The summed E-state index contributed by atoms with van der Waals surface area (Å²) < 4.78 is 39.2. The van der Waals surface area contributed by atoms with E-state index in [2.05, 4.69) is 0 Å². The van der Waals surface area contributed by atoms with Gasteiger partial charge < -0.3 is 9.05 Å². The molecule has 0 saturated carbocycles. The Morgan fingerprint density at radius 2 is 1.22 bits per heavy atom. The molecule has 2 aromatic carbocycles. The van der Waals surface area contributed by atoms with Crippen molar-refractivity contribution in [2.75, 3.05) is 0 Å². The average molecular weight is 358 g/mol. The summed E-state index contributed by atoms with van der Waals surface area (Å²) in [6, 6.07) is 16.5. The van der Waals surface area contributed by atoms with Gasteiger partial charge in [0.15, 0.2) is 0 Å². The predicted molar refractivity (Wildman–Crippen MR) is 85.1 cm³/mol. The fourth-order valence-corrected chi connectivity index (χ4v) is 2.71. The van der Waals surface area contributed by atoms with Crippen LogP contribution < -0.4 is 30.8 Å². The SMILES string of the molecule is NP(N)(=O)NNOP(=O)(Oc1ccccc1)Oc1ccccc1. The van der Waals surface area contributed by atoms with Crippen LogP contribution in [-0.2, 0) is 13.8 Å². The number of nitrogens with one attached hydrogen (secondary N) is 2. The first-order valence-corrected chi connectivity index (χ1v) is 9.64. The van der Waals surface area contributed by atoms with Crippen LogP contribution in [0.25, 0.3) is 0 Å². The van der Waals surface area contributed by atoms with Gasteiger partial charge in [-0.1, -0.05) is 36.4 Å². The van der Waals surface area contributed by atoms with E-state index in [1.165, 1.54) is 0 Å². The first kappa shape index (κ1) is 17.7. The summed E-state index contributed by atoms with van der Waals surface area (Å²) in [5, 5.41) is 1.96. The zero-order chi connectivity index (χ0) is 16.8. The van der Waals surface area contributed by atoms with E-state index in [0.717, 1.165) is 0 Å². The number of rotatable bonds is 8. The maximum atomic E-state index is 12.7. The van der Waals surface area contributed by atoms with Gasteiger partial charge in [0.05, 0.1) is 0 Å². The molecule has 9 nitrogen and oxygen atoms in total. The molecular formula is C12H16N4O5P2. The minimum Gasteiger partial charge on any atom is -0.394 e. The monoisotopic (exact) mass is 358 g/mol. The second-order valence-corrected chi connectivity index (χ2v) is 7.35. The third kappa shape index (κ3) is 6.52. The largest absolute Gasteiger partial charge is 0.605 e. The summed E-state index contributed by atoms with van der Waals surface area (Å²) in [5.74, 6) is 0.495. The molecular weight excluding hydrogens is 342 g/mol. The van der Waals surface area contributed by atoms with Crippen molar-refractivity contribution >= 4 is 15.4 Å². The van der Waals surface area contributed by atoms with Crippen LogP contribution >= 0.6 is 15.4 Å². The molecule has 124 valence electrons. The van der Waals surface area contributed by atoms with Crippen molar-refractivity contribution in [1.29, 1.82) is 0 Å². The van der Waals surface area contributed by atoms with Gasteiger partial charge >= 0.3 is 7.82 Å². The van der Waals surface area contributed by atoms with Crippen LogP contribution in [0.15, 0.2) is 60.7 Å². The van der Waals surface area contributed by atoms with Crippen molar-refractivity contribution in [1.82, 2.24) is 10.8 Å². The molecule has 0 aliphatic carbocycles. The van der Waals surface area contributed by atoms with Crippen LogP contribution in [0.5, 0.6) is 11.5 Å². The van der Waals surface area contributed by atoms with Gasteiger partial charge in [0.1, 0.15) is 11.5 Å². The van der Waals surface area contributed by atoms with E-state index in [-0.39, 0.29) is 11.5 Å². The zero-order valence-corrected chi connectivity index (χ0v) is 13.7. The zero-order valence-electron chi connectivity index (χ0n) is 11.9. The molecule has 0 aliphatic heterocycles. The smallest absolute Gasteiger partial charge is 0.394 e. The Kier molecular flexibility index (Phi) is 5.92. The minimum atomic E-state index is -4.16. The molecule has 0 saturated heterocycles. The molecule has 0 bridgehead atoms. The summed E-state index contributed by atoms with van der Waals surface area (Å²) in [7, 11) is -7.79. The molecule has 0 radical (unpaired) electrons. The number of hydrogen-bond acceptors (Lipinski definition) is 6. The van der Waals surface area contributed by atoms with Gasteiger partial charge in [-0.2, -0.15) is 9.82 Å². The Morgan fingerprint density at radius 3 is 1.61 bits per heavy atom. The van der Waals surface area contributed by atoms with Gasteiger partial charge in [-0.05, 0) is 24.3 Å². The Bertz CT molecular complexity index is 664. The standard InChI is InChI=1S/C12H16N4O5P2/c13-22(14,17)16-15-21-23(18,19-11-7-3-1-4-8-11)20-12-9-5-2-6-10-12/h1-10,15H,(H5,13,14,16,17). The van der Waals surface area contributed by atoms with Crippen molar-refractivity contribution in [2.24, 2.45) is 11.0 Å². The number of para-hydroxylation sites is 2. The molecule has 0 aromatic heterocycles. The second-order valence-electron chi connectivity index (χ2n) is 4.27. The lowest BCUT2D eigenvalue weighted by Gasteiger charge is -2.19. The maximum Gasteiger partial charge on any atom is 0.605 e. The van der Waals surface area contributed by atoms with E-state index >= 15 is 0 Å². The minimum absolute atomic E-state index is 0.247. The van der Waals surface area contributed by atoms with Crippen molar-refractivity contribution in [3.05, 3.63) is 60.7 Å². The van der Waals surface area contributed by atoms with Crippen LogP contribution in [0, 0.1) is 0 Å². The Labute approximate surface area is 133 Å². The van der Waals surface area contributed by atoms with Gasteiger partial charge in [-0.25, -0.2) is 4.57 Å². The number of phosphoric acid groups is 1. The van der Waals surface area contributed by atoms with E-state index in [0.29, 0.717) is 0 Å². The Balaban J connectivity index is 2.12. The van der Waals surface area contributed by atoms with E-state index in [4.69, 9.17) is 24.7 Å². The molecule has 23 heavy (non-hydrogen) atoms. The molecule has 0 unspecified atom stereocenters. The number of nitrogens with two attached hydrogens (primary N) is 2. The van der Waals surface area contributed by atoms with Crippen LogP contribution in [0.1, 0.15) is 0 Å². The summed E-state index contributed by atoms with van der Waals surface area (Å²) >= 11 is 0. The fraction of sp³-hybridized carbons (Fsp3) is 0. The van der Waals surface area contributed by atoms with Crippen LogP contribution in [0.4, 0.5) is 0 Å². The highest BCUT2D eigenvalue weighted by Crippen LogP contribution is 2.48. The van der Waals surface area contributed by atoms with Gasteiger partial charge in [-0.15, -0.1) is 5.59 Å². The fourth-order valence-electron chi connectivity index (χ4n) is 1.42. The van der Waals surface area contributed by atoms with Crippen molar-refractivity contribution < 1.29 is 22.8 Å². The Morgan fingerprint density at radius 1 is 0.783 bits per heavy atom. The van der Waals surface area contributed by atoms with E-state index in [1.54, 1.807) is 60.7 Å². The summed E-state index contributed by atoms with van der Waals surface area (Å²) in [6.07, 6.45) is 0. The maximum absolute atomic E-state index is 12.7. The molecule has 6 N–H and O–H groups in total. The third-order valence-electron chi connectivity index (χ3n) is 2.30. The topological polar surface area (TPSA) is 138 Å². The number of hydrazine groups is 1. The molecule has 0 amide bonds. The highest BCUT2D eigenvalue weighted by Gasteiger charge is 2.32. The lowest BCUT2D eigenvalue weighted by Crippen LogP contribution is -2.35. The number of benzene rings is 2. The van der Waals surface area contributed by atoms with Crippen molar-refractivity contribution in [2.45, 2.75) is 0 Å². The molecule has 2 rings (SSSR count). The molecule has 0 spiro atoms. The summed E-state index contributed by atoms with van der Waals surface area (Å²) in [6.45, 7) is 0. The van der Waals surface area contributed by atoms with E-state index in [1.807, 2.05) is 10.8 Å². The first-order valence-electron chi connectivity index (χ1n) is 6.34. The second kappa shape index (κ2) is 7.72. The molecule has 2 aromatic rings. The molecule has 0 fully saturated rings. The molecule has 0 aliphatic rings. The quantitative estimate of drug-likeness (QED) is 0.413. The average Bonchev–Trinajstić information content (AvgIpc) is 2.47. The lowest BCUT2D eigenvalue weighted by molar-refractivity contribution is 0.121. The van der Waals surface area contributed by atoms with Crippen LogP contribution in [0.3, 0.4) is 0 Å². The van der Waals surface area contributed by atoms with Gasteiger partial charge in [-0.3, -0.25) is 15.6 Å². The summed E-state index contributed by atoms with van der Waals surface area (Å²) in [4.78, 5) is 0. The number of hydrogen-bond donors (Lipinski definition) is 4. The van der Waals surface area contributed by atoms with Crippen molar-refractivity contribution in [3.63, 3.8) is 0 Å². The third-order valence-corrected chi connectivity index (χ3v) is 3.92. The lowest BCUT2D eigenvalue weighted by atomic mass is 10.3. The highest BCUT2D eigenvalue weighted by molar-refractivity contribution is 7.56. The molecule has 0 atom stereocenters. The van der Waals surface area contributed by atoms with Crippen LogP contribution in [-0.4, -0.2) is 0 Å². The van der Waals surface area contributed by atoms with E-state index < -0.39 is 15.4 Å². The van der Waals surface area contributed by atoms with Crippen molar-refractivity contribution in [3.8, 4) is 11.5 Å². The van der Waals surface area contributed by atoms with Gasteiger partial charge in [0.2, 0.25) is 0 Å². The van der Waals surface area contributed by atoms with Crippen LogP contribution in [0.2, 0.25) is 0 Å². The molecule has 0 heterocycles. The molecule has 11 heteroatoms. The highest BCUT2D eigenvalue weighted by atomic mass is 31.2. The first-order chi connectivity index (χ1) is 10.9. The predicted octanol–water partition coefficient (Wildman–Crippen LogP) is 2.30. The number of phosphoric ester groups is 1. The Hall–Kier alpha value is -1.70. The van der Waals surface area contributed by atoms with Gasteiger partial charge in [0.25, 0.3) is 7.59 Å². The normalized spacial score (nSPS) is 11.9.